The molecule has 2 amide bonds. The molecule has 0 aromatic heterocycles. The summed E-state index contributed by atoms with van der Waals surface area (Å²) in [5.74, 6) is 0. The summed E-state index contributed by atoms with van der Waals surface area (Å²) in [7, 11) is 0. The minimum Gasteiger partial charge on any atom is -0.338 e. The van der Waals surface area contributed by atoms with Crippen molar-refractivity contribution in [3.63, 3.8) is 0 Å². The van der Waals surface area contributed by atoms with Crippen molar-refractivity contribution in [3.05, 3.63) is 28.8 Å². The minimum absolute atomic E-state index is 0.164. The monoisotopic (exact) mass is 235 g/mol. The molecule has 82 valence electrons. The van der Waals surface area contributed by atoms with Crippen molar-refractivity contribution in [2.24, 2.45) is 0 Å². The smallest absolute Gasteiger partial charge is 0.321 e. The van der Waals surface area contributed by atoms with Gasteiger partial charge in [-0.3, -0.25) is 4.90 Å². The number of halogens is 1. The van der Waals surface area contributed by atoms with E-state index < -0.39 is 0 Å². The van der Waals surface area contributed by atoms with Gasteiger partial charge in [-0.05, 0) is 24.6 Å². The number of carbonyl (C=O) groups is 1. The molecule has 1 heterocycles. The second-order valence-electron chi connectivity index (χ2n) is 3.52. The molecule has 0 atom stereocenters. The standard InChI is InChI=1S/C11H10ClN3O/c12-9-3-2-8(7-13)6-10(9)15-5-1-4-14-11(15)16/h2-3,6H,1,4-5H2,(H,14,16). The molecular formula is C11H10ClN3O. The number of nitriles is 1. The van der Waals surface area contributed by atoms with Gasteiger partial charge in [-0.15, -0.1) is 0 Å². The van der Waals surface area contributed by atoms with Crippen molar-refractivity contribution in [3.8, 4) is 6.07 Å². The summed E-state index contributed by atoms with van der Waals surface area (Å²) >= 11 is 6.02. The fraction of sp³-hybridized carbons (Fsp3) is 0.273. The van der Waals surface area contributed by atoms with E-state index in [0.717, 1.165) is 6.42 Å². The number of rotatable bonds is 1. The molecule has 2 rings (SSSR count). The van der Waals surface area contributed by atoms with Gasteiger partial charge in [0.25, 0.3) is 0 Å². The zero-order valence-electron chi connectivity index (χ0n) is 8.53. The van der Waals surface area contributed by atoms with E-state index in [1.54, 1.807) is 23.1 Å². The van der Waals surface area contributed by atoms with Crippen LogP contribution in [-0.2, 0) is 0 Å². The van der Waals surface area contributed by atoms with Crippen molar-refractivity contribution in [1.29, 1.82) is 5.26 Å². The highest BCUT2D eigenvalue weighted by molar-refractivity contribution is 6.33. The summed E-state index contributed by atoms with van der Waals surface area (Å²) in [6.45, 7) is 1.31. The number of nitrogens with one attached hydrogen (secondary N) is 1. The lowest BCUT2D eigenvalue weighted by atomic mass is 10.2. The molecule has 1 aliphatic heterocycles. The van der Waals surface area contributed by atoms with Crippen LogP contribution in [0.3, 0.4) is 0 Å². The molecule has 1 aliphatic rings. The molecule has 0 aliphatic carbocycles. The maximum absolute atomic E-state index is 11.6. The van der Waals surface area contributed by atoms with Gasteiger partial charge in [-0.25, -0.2) is 4.79 Å². The maximum Gasteiger partial charge on any atom is 0.321 e. The first kappa shape index (κ1) is 10.8. The van der Waals surface area contributed by atoms with Crippen LogP contribution >= 0.6 is 11.6 Å². The summed E-state index contributed by atoms with van der Waals surface area (Å²) < 4.78 is 0. The van der Waals surface area contributed by atoms with Gasteiger partial charge in [0.05, 0.1) is 22.3 Å². The number of hydrogen-bond acceptors (Lipinski definition) is 2. The van der Waals surface area contributed by atoms with Crippen LogP contribution in [0.5, 0.6) is 0 Å². The summed E-state index contributed by atoms with van der Waals surface area (Å²) in [4.78, 5) is 13.2. The molecule has 0 spiro atoms. The Morgan fingerprint density at radius 2 is 2.31 bits per heavy atom. The third kappa shape index (κ3) is 1.95. The van der Waals surface area contributed by atoms with E-state index in [1.807, 2.05) is 6.07 Å². The second-order valence-corrected chi connectivity index (χ2v) is 3.92. The van der Waals surface area contributed by atoms with E-state index in [0.29, 0.717) is 29.4 Å². The Morgan fingerprint density at radius 1 is 1.50 bits per heavy atom. The third-order valence-corrected chi connectivity index (χ3v) is 2.77. The van der Waals surface area contributed by atoms with E-state index in [2.05, 4.69) is 5.32 Å². The lowest BCUT2D eigenvalue weighted by molar-refractivity contribution is 0.243. The topological polar surface area (TPSA) is 56.1 Å². The van der Waals surface area contributed by atoms with Crippen molar-refractivity contribution in [2.75, 3.05) is 18.0 Å². The second kappa shape index (κ2) is 4.42. The third-order valence-electron chi connectivity index (χ3n) is 2.45. The first-order valence-electron chi connectivity index (χ1n) is 4.97. The van der Waals surface area contributed by atoms with E-state index >= 15 is 0 Å². The van der Waals surface area contributed by atoms with Gasteiger partial charge in [0.1, 0.15) is 0 Å². The van der Waals surface area contributed by atoms with Gasteiger partial charge in [-0.1, -0.05) is 11.6 Å². The summed E-state index contributed by atoms with van der Waals surface area (Å²) in [6, 6.07) is 6.77. The Kier molecular flexibility index (Phi) is 2.97. The van der Waals surface area contributed by atoms with Crippen LogP contribution in [0.1, 0.15) is 12.0 Å². The Labute approximate surface area is 98.4 Å². The summed E-state index contributed by atoms with van der Waals surface area (Å²) in [6.07, 6.45) is 0.874. The van der Waals surface area contributed by atoms with E-state index in [4.69, 9.17) is 16.9 Å². The summed E-state index contributed by atoms with van der Waals surface area (Å²) in [5, 5.41) is 12.0. The lowest BCUT2D eigenvalue weighted by Gasteiger charge is -2.28. The number of benzene rings is 1. The Balaban J connectivity index is 2.38. The number of urea groups is 1. The van der Waals surface area contributed by atoms with E-state index in [9.17, 15) is 4.79 Å². The number of nitrogens with zero attached hydrogens (tertiary/aromatic N) is 2. The van der Waals surface area contributed by atoms with E-state index in [1.165, 1.54) is 0 Å². The van der Waals surface area contributed by atoms with Crippen LogP contribution in [0, 0.1) is 11.3 Å². The molecule has 1 saturated heterocycles. The van der Waals surface area contributed by atoms with Crippen molar-refractivity contribution in [2.45, 2.75) is 6.42 Å². The van der Waals surface area contributed by atoms with E-state index in [-0.39, 0.29) is 6.03 Å². The Hall–Kier alpha value is -1.73. The first-order chi connectivity index (χ1) is 7.72. The fourth-order valence-electron chi connectivity index (χ4n) is 1.65. The molecule has 5 heteroatoms. The van der Waals surface area contributed by atoms with Crippen molar-refractivity contribution in [1.82, 2.24) is 5.32 Å². The fourth-order valence-corrected chi connectivity index (χ4v) is 1.87. The SMILES string of the molecule is N#Cc1ccc(Cl)c(N2CCCNC2=O)c1. The summed E-state index contributed by atoms with van der Waals surface area (Å²) in [5.41, 5.74) is 1.09. The highest BCUT2D eigenvalue weighted by atomic mass is 35.5. The van der Waals surface area contributed by atoms with Crippen LogP contribution < -0.4 is 10.2 Å². The molecule has 4 nitrogen and oxygen atoms in total. The lowest BCUT2D eigenvalue weighted by Crippen LogP contribution is -2.46. The van der Waals surface area contributed by atoms with Gasteiger partial charge >= 0.3 is 6.03 Å². The Morgan fingerprint density at radius 3 is 3.00 bits per heavy atom. The molecule has 1 aromatic carbocycles. The molecule has 0 radical (unpaired) electrons. The van der Waals surface area contributed by atoms with Gasteiger partial charge in [-0.2, -0.15) is 5.26 Å². The Bertz CT molecular complexity index is 467. The van der Waals surface area contributed by atoms with Gasteiger partial charge in [0, 0.05) is 13.1 Å². The number of carbonyl (C=O) groups excluding carboxylic acids is 1. The normalized spacial score (nSPS) is 15.5. The van der Waals surface area contributed by atoms with Crippen LogP contribution in [-0.4, -0.2) is 19.1 Å². The molecular weight excluding hydrogens is 226 g/mol. The highest BCUT2D eigenvalue weighted by Gasteiger charge is 2.21. The van der Waals surface area contributed by atoms with Gasteiger partial charge < -0.3 is 5.32 Å². The predicted molar refractivity (Wildman–Crippen MR) is 61.5 cm³/mol. The van der Waals surface area contributed by atoms with Crippen LogP contribution in [0.15, 0.2) is 18.2 Å². The van der Waals surface area contributed by atoms with Gasteiger partial charge in [0.15, 0.2) is 0 Å². The van der Waals surface area contributed by atoms with Crippen molar-refractivity contribution < 1.29 is 4.79 Å². The average Bonchev–Trinajstić information content (AvgIpc) is 2.31. The number of anilines is 1. The maximum atomic E-state index is 11.6. The predicted octanol–water partition coefficient (Wildman–Crippen LogP) is 2.13. The quantitative estimate of drug-likeness (QED) is 0.811. The largest absolute Gasteiger partial charge is 0.338 e. The molecule has 0 saturated carbocycles. The molecule has 0 unspecified atom stereocenters. The van der Waals surface area contributed by atoms with Gasteiger partial charge in [0.2, 0.25) is 0 Å². The number of hydrogen-bond donors (Lipinski definition) is 1. The number of amides is 2. The minimum atomic E-state index is -0.164. The molecule has 0 bridgehead atoms. The molecule has 16 heavy (non-hydrogen) atoms. The molecule has 1 fully saturated rings. The molecule has 1 N–H and O–H groups in total. The average molecular weight is 236 g/mol. The van der Waals surface area contributed by atoms with Crippen LogP contribution in [0.4, 0.5) is 10.5 Å². The van der Waals surface area contributed by atoms with Crippen molar-refractivity contribution >= 4 is 23.3 Å². The molecule has 1 aromatic rings. The highest BCUT2D eigenvalue weighted by Crippen LogP contribution is 2.27. The zero-order chi connectivity index (χ0) is 11.5. The van der Waals surface area contributed by atoms with Crippen LogP contribution in [0.25, 0.3) is 0 Å². The van der Waals surface area contributed by atoms with Crippen LogP contribution in [0.2, 0.25) is 5.02 Å². The zero-order valence-corrected chi connectivity index (χ0v) is 9.29. The first-order valence-corrected chi connectivity index (χ1v) is 5.35.